The highest BCUT2D eigenvalue weighted by atomic mass is 32.2. The maximum Gasteiger partial charge on any atom is 0.240 e. The Bertz CT molecular complexity index is 309. The maximum absolute atomic E-state index is 11.5. The highest BCUT2D eigenvalue weighted by Crippen LogP contribution is 2.19. The Hall–Kier alpha value is -0.580. The molecule has 1 amide bonds. The van der Waals surface area contributed by atoms with E-state index in [1.165, 1.54) is 6.92 Å². The molecule has 1 saturated heterocycles. The van der Waals surface area contributed by atoms with Crippen molar-refractivity contribution in [2.24, 2.45) is 0 Å². The molecule has 1 aliphatic heterocycles. The van der Waals surface area contributed by atoms with Gasteiger partial charge < -0.3 is 4.90 Å². The number of amides is 1. The van der Waals surface area contributed by atoms with Crippen LogP contribution in [0.5, 0.6) is 0 Å². The van der Waals surface area contributed by atoms with Crippen LogP contribution >= 0.6 is 0 Å². The van der Waals surface area contributed by atoms with Crippen molar-refractivity contribution in [3.8, 4) is 0 Å². The van der Waals surface area contributed by atoms with Crippen LogP contribution in [0.2, 0.25) is 0 Å². The summed E-state index contributed by atoms with van der Waals surface area (Å²) in [5.41, 5.74) is 0. The van der Waals surface area contributed by atoms with Gasteiger partial charge in [-0.2, -0.15) is 0 Å². The van der Waals surface area contributed by atoms with Gasteiger partial charge in [0.15, 0.2) is 9.84 Å². The molecule has 0 radical (unpaired) electrons. The summed E-state index contributed by atoms with van der Waals surface area (Å²) in [6.45, 7) is 4.07. The number of carbonyl (C=O) groups is 1. The van der Waals surface area contributed by atoms with Gasteiger partial charge in [0.2, 0.25) is 5.91 Å². The highest BCUT2D eigenvalue weighted by molar-refractivity contribution is 7.92. The molecule has 13 heavy (non-hydrogen) atoms. The number of likely N-dealkylation sites (tertiary alicyclic amines) is 1. The van der Waals surface area contributed by atoms with Crippen LogP contribution in [0, 0.1) is 0 Å². The average molecular weight is 205 g/mol. The molecule has 2 atom stereocenters. The second-order valence-corrected chi connectivity index (χ2v) is 6.01. The van der Waals surface area contributed by atoms with Crippen LogP contribution < -0.4 is 0 Å². The quantitative estimate of drug-likeness (QED) is 0.639. The minimum Gasteiger partial charge on any atom is -0.339 e. The van der Waals surface area contributed by atoms with Gasteiger partial charge in [-0.3, -0.25) is 4.79 Å². The Labute approximate surface area is 78.8 Å². The predicted octanol–water partition coefficient (Wildman–Crippen LogP) is 0.0403. The molecular weight excluding hydrogens is 190 g/mol. The molecule has 1 rings (SSSR count). The van der Waals surface area contributed by atoms with Crippen molar-refractivity contribution < 1.29 is 13.2 Å². The second-order valence-electron chi connectivity index (χ2n) is 3.64. The molecule has 0 aromatic carbocycles. The van der Waals surface area contributed by atoms with E-state index in [9.17, 15) is 13.2 Å². The van der Waals surface area contributed by atoms with E-state index < -0.39 is 15.1 Å². The van der Waals surface area contributed by atoms with Crippen LogP contribution in [0.15, 0.2) is 0 Å². The molecular formula is C8H15NO3S. The van der Waals surface area contributed by atoms with E-state index in [0.717, 1.165) is 12.7 Å². The van der Waals surface area contributed by atoms with Crippen molar-refractivity contribution in [3.05, 3.63) is 0 Å². The van der Waals surface area contributed by atoms with Gasteiger partial charge in [0, 0.05) is 18.8 Å². The Kier molecular flexibility index (Phi) is 2.66. The first kappa shape index (κ1) is 10.5. The average Bonchev–Trinajstić information content (AvgIpc) is 1.98. The maximum atomic E-state index is 11.5. The van der Waals surface area contributed by atoms with Gasteiger partial charge in [-0.1, -0.05) is 0 Å². The summed E-state index contributed by atoms with van der Waals surface area (Å²) in [5.74, 6) is -0.263. The van der Waals surface area contributed by atoms with E-state index in [2.05, 4.69) is 0 Å². The van der Waals surface area contributed by atoms with Gasteiger partial charge in [0.25, 0.3) is 0 Å². The summed E-state index contributed by atoms with van der Waals surface area (Å²) in [4.78, 5) is 13.1. The van der Waals surface area contributed by atoms with Crippen molar-refractivity contribution in [2.75, 3.05) is 12.8 Å². The third-order valence-corrected chi connectivity index (χ3v) is 4.08. The van der Waals surface area contributed by atoms with E-state index in [1.807, 2.05) is 6.92 Å². The van der Waals surface area contributed by atoms with Gasteiger partial charge in [-0.05, 0) is 20.3 Å². The number of hydrogen-bond acceptors (Lipinski definition) is 3. The van der Waals surface area contributed by atoms with Gasteiger partial charge in [0.05, 0.1) is 0 Å². The van der Waals surface area contributed by atoms with Crippen LogP contribution in [-0.4, -0.2) is 43.3 Å². The minimum absolute atomic E-state index is 0.205. The largest absolute Gasteiger partial charge is 0.339 e. The first-order chi connectivity index (χ1) is 5.84. The van der Waals surface area contributed by atoms with E-state index in [0.29, 0.717) is 6.54 Å². The number of nitrogens with zero attached hydrogens (tertiary/aromatic N) is 1. The minimum atomic E-state index is -3.24. The van der Waals surface area contributed by atoms with E-state index in [-0.39, 0.29) is 11.9 Å². The predicted molar refractivity (Wildman–Crippen MR) is 50.1 cm³/mol. The molecule has 0 aromatic heterocycles. The zero-order chi connectivity index (χ0) is 10.2. The van der Waals surface area contributed by atoms with Crippen molar-refractivity contribution in [1.29, 1.82) is 0 Å². The zero-order valence-electron chi connectivity index (χ0n) is 8.15. The van der Waals surface area contributed by atoms with Gasteiger partial charge >= 0.3 is 0 Å². The van der Waals surface area contributed by atoms with Crippen molar-refractivity contribution in [2.45, 2.75) is 31.6 Å². The van der Waals surface area contributed by atoms with Crippen LogP contribution in [0.4, 0.5) is 0 Å². The van der Waals surface area contributed by atoms with Crippen LogP contribution in [0.3, 0.4) is 0 Å². The highest BCUT2D eigenvalue weighted by Gasteiger charge is 2.35. The summed E-state index contributed by atoms with van der Waals surface area (Å²) in [7, 11) is -3.24. The fourth-order valence-corrected chi connectivity index (χ4v) is 1.76. The lowest BCUT2D eigenvalue weighted by molar-refractivity contribution is -0.137. The summed E-state index contributed by atoms with van der Waals surface area (Å²) < 4.78 is 22.2. The van der Waals surface area contributed by atoms with Gasteiger partial charge in [-0.25, -0.2) is 8.42 Å². The van der Waals surface area contributed by atoms with E-state index in [4.69, 9.17) is 0 Å². The fourth-order valence-electron chi connectivity index (χ4n) is 1.26. The third kappa shape index (κ3) is 2.02. The fraction of sp³-hybridized carbons (Fsp3) is 0.875. The van der Waals surface area contributed by atoms with E-state index >= 15 is 0 Å². The van der Waals surface area contributed by atoms with Crippen molar-refractivity contribution in [1.82, 2.24) is 4.90 Å². The Morgan fingerprint density at radius 1 is 1.54 bits per heavy atom. The first-order valence-corrected chi connectivity index (χ1v) is 6.29. The number of rotatable bonds is 2. The smallest absolute Gasteiger partial charge is 0.240 e. The summed E-state index contributed by atoms with van der Waals surface area (Å²) in [5, 5.41) is -0.893. The SMILES string of the molecule is CC1CCN1C(=O)C(C)S(C)(=O)=O. The lowest BCUT2D eigenvalue weighted by atomic mass is 10.1. The number of carbonyl (C=O) groups excluding carboxylic acids is 1. The van der Waals surface area contributed by atoms with Gasteiger partial charge in [0.1, 0.15) is 5.25 Å². The van der Waals surface area contributed by atoms with Crippen molar-refractivity contribution in [3.63, 3.8) is 0 Å². The zero-order valence-corrected chi connectivity index (χ0v) is 8.97. The Morgan fingerprint density at radius 2 is 2.08 bits per heavy atom. The molecule has 4 nitrogen and oxygen atoms in total. The number of sulfone groups is 1. The topological polar surface area (TPSA) is 54.5 Å². The molecule has 0 aliphatic carbocycles. The molecule has 1 fully saturated rings. The first-order valence-electron chi connectivity index (χ1n) is 4.33. The molecule has 0 aromatic rings. The molecule has 2 unspecified atom stereocenters. The standard InChI is InChI=1S/C8H15NO3S/c1-6-4-5-9(6)8(10)7(2)13(3,11)12/h6-7H,4-5H2,1-3H3. The Morgan fingerprint density at radius 3 is 2.31 bits per heavy atom. The molecule has 0 spiro atoms. The monoisotopic (exact) mass is 205 g/mol. The van der Waals surface area contributed by atoms with Crippen LogP contribution in [0.25, 0.3) is 0 Å². The molecule has 0 N–H and O–H groups in total. The van der Waals surface area contributed by atoms with Crippen LogP contribution in [0.1, 0.15) is 20.3 Å². The third-order valence-electron chi connectivity index (χ3n) is 2.59. The lowest BCUT2D eigenvalue weighted by Crippen LogP contribution is -2.53. The molecule has 1 heterocycles. The van der Waals surface area contributed by atoms with Crippen molar-refractivity contribution >= 4 is 15.7 Å². The van der Waals surface area contributed by atoms with Crippen LogP contribution in [-0.2, 0) is 14.6 Å². The molecule has 0 bridgehead atoms. The van der Waals surface area contributed by atoms with E-state index in [1.54, 1.807) is 4.90 Å². The second kappa shape index (κ2) is 3.29. The summed E-state index contributed by atoms with van der Waals surface area (Å²) >= 11 is 0. The molecule has 1 aliphatic rings. The Balaban J connectivity index is 2.68. The number of hydrogen-bond donors (Lipinski definition) is 0. The molecule has 5 heteroatoms. The van der Waals surface area contributed by atoms with Gasteiger partial charge in [-0.15, -0.1) is 0 Å². The normalized spacial score (nSPS) is 25.2. The lowest BCUT2D eigenvalue weighted by Gasteiger charge is -2.39. The molecule has 76 valence electrons. The summed E-state index contributed by atoms with van der Waals surface area (Å²) in [6.07, 6.45) is 2.07. The molecule has 0 saturated carbocycles. The summed E-state index contributed by atoms with van der Waals surface area (Å²) in [6, 6.07) is 0.205.